The maximum atomic E-state index is 12.1. The summed E-state index contributed by atoms with van der Waals surface area (Å²) in [6, 6.07) is 5.79. The Labute approximate surface area is 189 Å². The highest BCUT2D eigenvalue weighted by molar-refractivity contribution is 5.88. The molecule has 0 aliphatic carbocycles. The average Bonchev–Trinajstić information content (AvgIpc) is 2.81. The fraction of sp³-hybridized carbons (Fsp3) is 0.619. The number of ether oxygens (including phenoxy) is 3. The Morgan fingerprint density at radius 1 is 1.12 bits per heavy atom. The van der Waals surface area contributed by atoms with Gasteiger partial charge in [-0.05, 0) is 23.6 Å². The van der Waals surface area contributed by atoms with Crippen molar-refractivity contribution in [2.75, 3.05) is 6.61 Å². The smallest absolute Gasteiger partial charge is 0.339 e. The number of aliphatic hydroxyl groups excluding tert-OH is 5. The van der Waals surface area contributed by atoms with Crippen molar-refractivity contribution in [3.63, 3.8) is 0 Å². The van der Waals surface area contributed by atoms with Crippen molar-refractivity contribution in [3.05, 3.63) is 29.8 Å². The Morgan fingerprint density at radius 2 is 1.73 bits per heavy atom. The quantitative estimate of drug-likeness (QED) is 0.186. The number of carboxylic acids is 1. The first-order chi connectivity index (χ1) is 15.5. The monoisotopic (exact) mass is 474 g/mol. The molecular formula is C21H30O12. The molecule has 33 heavy (non-hydrogen) atoms. The number of hydrogen-bond donors (Lipinski definition) is 7. The molecule has 0 aromatic heterocycles. The minimum absolute atomic E-state index is 0.187. The van der Waals surface area contributed by atoms with Crippen LogP contribution in [0.25, 0.3) is 0 Å². The zero-order valence-electron chi connectivity index (χ0n) is 18.1. The van der Waals surface area contributed by atoms with Gasteiger partial charge in [0.25, 0.3) is 0 Å². The summed E-state index contributed by atoms with van der Waals surface area (Å²) in [5, 5.41) is 68.5. The Balaban J connectivity index is 1.98. The fourth-order valence-electron chi connectivity index (χ4n) is 3.28. The van der Waals surface area contributed by atoms with E-state index in [1.165, 1.54) is 31.2 Å². The lowest BCUT2D eigenvalue weighted by atomic mass is 9.82. The van der Waals surface area contributed by atoms with Crippen molar-refractivity contribution >= 4 is 11.9 Å². The van der Waals surface area contributed by atoms with Gasteiger partial charge in [0.2, 0.25) is 11.9 Å². The van der Waals surface area contributed by atoms with Crippen LogP contribution in [0.5, 0.6) is 5.75 Å². The summed E-state index contributed by atoms with van der Waals surface area (Å²) in [6.07, 6.45) is -9.28. The summed E-state index contributed by atoms with van der Waals surface area (Å²) in [4.78, 5) is 23.6. The van der Waals surface area contributed by atoms with E-state index in [4.69, 9.17) is 14.2 Å². The number of benzene rings is 1. The van der Waals surface area contributed by atoms with Gasteiger partial charge in [-0.15, -0.1) is 0 Å². The summed E-state index contributed by atoms with van der Waals surface area (Å²) in [6.45, 7) is 2.05. The third-order valence-electron chi connectivity index (χ3n) is 5.75. The van der Waals surface area contributed by atoms with Crippen LogP contribution in [-0.2, 0) is 25.7 Å². The van der Waals surface area contributed by atoms with Gasteiger partial charge in [0.1, 0.15) is 36.8 Å². The van der Waals surface area contributed by atoms with Crippen molar-refractivity contribution in [2.24, 2.45) is 5.92 Å². The van der Waals surface area contributed by atoms with E-state index in [0.29, 0.717) is 5.56 Å². The number of rotatable bonds is 10. The Kier molecular flexibility index (Phi) is 9.14. The lowest BCUT2D eigenvalue weighted by molar-refractivity contribution is -0.277. The molecule has 1 aromatic rings. The Hall–Kier alpha value is -2.32. The minimum Gasteiger partial charge on any atom is -0.479 e. The third kappa shape index (κ3) is 5.79. The van der Waals surface area contributed by atoms with Gasteiger partial charge in [-0.1, -0.05) is 32.4 Å². The van der Waals surface area contributed by atoms with Crippen LogP contribution in [0.3, 0.4) is 0 Å². The van der Waals surface area contributed by atoms with E-state index in [0.717, 1.165) is 0 Å². The highest BCUT2D eigenvalue weighted by Gasteiger charge is 2.52. The van der Waals surface area contributed by atoms with E-state index in [1.807, 2.05) is 0 Å². The number of carbonyl (C=O) groups excluding carboxylic acids is 1. The molecular weight excluding hydrogens is 444 g/mol. The second-order valence-corrected chi connectivity index (χ2v) is 7.91. The molecule has 1 aliphatic heterocycles. The predicted octanol–water partition coefficient (Wildman–Crippen LogP) is -1.87. The number of carboxylic acid groups (broad SMARTS) is 1. The van der Waals surface area contributed by atoms with E-state index >= 15 is 0 Å². The molecule has 2 rings (SSSR count). The van der Waals surface area contributed by atoms with Crippen molar-refractivity contribution < 1.29 is 59.5 Å². The maximum absolute atomic E-state index is 12.1. The third-order valence-corrected chi connectivity index (χ3v) is 5.75. The zero-order valence-corrected chi connectivity index (χ0v) is 18.1. The van der Waals surface area contributed by atoms with Gasteiger partial charge in [0.05, 0.1) is 6.61 Å². The number of hydrogen-bond acceptors (Lipinski definition) is 11. The minimum atomic E-state index is -2.70. The molecule has 1 saturated heterocycles. The van der Waals surface area contributed by atoms with Crippen LogP contribution in [-0.4, -0.2) is 96.7 Å². The zero-order chi connectivity index (χ0) is 24.9. The van der Waals surface area contributed by atoms with Crippen molar-refractivity contribution in [3.8, 4) is 5.75 Å². The molecule has 0 saturated carbocycles. The summed E-state index contributed by atoms with van der Waals surface area (Å²) < 4.78 is 15.6. The molecule has 186 valence electrons. The highest BCUT2D eigenvalue weighted by Crippen LogP contribution is 2.27. The maximum Gasteiger partial charge on any atom is 0.339 e. The molecule has 0 radical (unpaired) electrons. The van der Waals surface area contributed by atoms with Crippen LogP contribution in [0, 0.1) is 5.92 Å². The SMILES string of the molecule is CC[C@@H](C)[C@](O)(C(=O)O)[C@H](O)C(=O)OCc1ccc(O[C@@H]2O[C@H](CO)[C@@H](O)[C@H](O)[C@H]2O)cc1. The number of carbonyl (C=O) groups is 2. The largest absolute Gasteiger partial charge is 0.479 e. The van der Waals surface area contributed by atoms with E-state index < -0.39 is 66.9 Å². The van der Waals surface area contributed by atoms with E-state index in [1.54, 1.807) is 6.92 Å². The van der Waals surface area contributed by atoms with E-state index in [9.17, 15) is 45.3 Å². The van der Waals surface area contributed by atoms with Gasteiger partial charge >= 0.3 is 11.9 Å². The van der Waals surface area contributed by atoms with Crippen LogP contribution in [0.1, 0.15) is 25.8 Å². The highest BCUT2D eigenvalue weighted by atomic mass is 16.7. The first kappa shape index (κ1) is 26.9. The standard InChI is InChI=1S/C21H30O12/c1-3-10(2)21(30,20(28)29)17(26)18(27)31-9-11-4-6-12(7-5-11)32-19-16(25)15(24)14(23)13(8-22)33-19/h4-7,10,13-17,19,22-26,30H,3,8-9H2,1-2H3,(H,28,29)/t10-,13-,14-,15+,16-,17-,19-,21-/m1/s1. The van der Waals surface area contributed by atoms with Crippen molar-refractivity contribution in [1.29, 1.82) is 0 Å². The lowest BCUT2D eigenvalue weighted by Gasteiger charge is -2.39. The van der Waals surface area contributed by atoms with Gasteiger partial charge in [0.15, 0.2) is 6.10 Å². The molecule has 0 bridgehead atoms. The number of aliphatic carboxylic acids is 1. The molecule has 12 heteroatoms. The Morgan fingerprint density at radius 3 is 2.24 bits per heavy atom. The topological polar surface area (TPSA) is 203 Å². The second kappa shape index (κ2) is 11.2. The molecule has 0 amide bonds. The van der Waals surface area contributed by atoms with Gasteiger partial charge < -0.3 is 50.0 Å². The Bertz CT molecular complexity index is 797. The molecule has 12 nitrogen and oxygen atoms in total. The molecule has 8 atom stereocenters. The van der Waals surface area contributed by atoms with Crippen molar-refractivity contribution in [1.82, 2.24) is 0 Å². The van der Waals surface area contributed by atoms with E-state index in [-0.39, 0.29) is 18.8 Å². The predicted molar refractivity (Wildman–Crippen MR) is 109 cm³/mol. The molecule has 1 heterocycles. The average molecular weight is 474 g/mol. The number of aliphatic hydroxyl groups is 6. The molecule has 7 N–H and O–H groups in total. The summed E-state index contributed by atoms with van der Waals surface area (Å²) in [5.41, 5.74) is -2.27. The van der Waals surface area contributed by atoms with Gasteiger partial charge in [-0.25, -0.2) is 9.59 Å². The van der Waals surface area contributed by atoms with Gasteiger partial charge in [0, 0.05) is 0 Å². The van der Waals surface area contributed by atoms with Crippen LogP contribution in [0.15, 0.2) is 24.3 Å². The molecule has 1 aromatic carbocycles. The number of esters is 1. The van der Waals surface area contributed by atoms with Gasteiger partial charge in [-0.2, -0.15) is 0 Å². The first-order valence-corrected chi connectivity index (χ1v) is 10.3. The molecule has 0 unspecified atom stereocenters. The van der Waals surface area contributed by atoms with Crippen LogP contribution < -0.4 is 4.74 Å². The van der Waals surface area contributed by atoms with E-state index in [2.05, 4.69) is 0 Å². The molecule has 0 spiro atoms. The second-order valence-electron chi connectivity index (χ2n) is 7.91. The summed E-state index contributed by atoms with van der Waals surface area (Å²) in [5.74, 6) is -3.78. The normalized spacial score (nSPS) is 28.9. The molecule has 1 fully saturated rings. The summed E-state index contributed by atoms with van der Waals surface area (Å²) in [7, 11) is 0. The van der Waals surface area contributed by atoms with Crippen LogP contribution in [0.2, 0.25) is 0 Å². The summed E-state index contributed by atoms with van der Waals surface area (Å²) >= 11 is 0. The van der Waals surface area contributed by atoms with Crippen molar-refractivity contribution in [2.45, 2.75) is 69.3 Å². The van der Waals surface area contributed by atoms with Gasteiger partial charge in [-0.3, -0.25) is 0 Å². The van der Waals surface area contributed by atoms with Crippen LogP contribution in [0.4, 0.5) is 0 Å². The van der Waals surface area contributed by atoms with Crippen LogP contribution >= 0.6 is 0 Å². The molecule has 1 aliphatic rings. The lowest BCUT2D eigenvalue weighted by Crippen LogP contribution is -2.60. The first-order valence-electron chi connectivity index (χ1n) is 10.3. The fourth-order valence-corrected chi connectivity index (χ4v) is 3.28.